The van der Waals surface area contributed by atoms with E-state index < -0.39 is 0 Å². The summed E-state index contributed by atoms with van der Waals surface area (Å²) in [5.41, 5.74) is 12.3. The highest BCUT2D eigenvalue weighted by molar-refractivity contribution is 5.88. The van der Waals surface area contributed by atoms with Crippen LogP contribution in [0, 0.1) is 0 Å². The molecule has 2 unspecified atom stereocenters. The number of hydrogen-bond donors (Lipinski definition) is 2. The molecule has 0 saturated heterocycles. The van der Waals surface area contributed by atoms with E-state index in [2.05, 4.69) is 41.7 Å². The maximum atomic E-state index is 11.0. The van der Waals surface area contributed by atoms with Crippen molar-refractivity contribution in [3.63, 3.8) is 0 Å². The molecule has 0 aromatic heterocycles. The zero-order valence-electron chi connectivity index (χ0n) is 14.8. The highest BCUT2D eigenvalue weighted by Gasteiger charge is 2.52. The van der Waals surface area contributed by atoms with E-state index in [1.807, 2.05) is 42.5 Å². The number of anilines is 1. The first-order chi connectivity index (χ1) is 12.6. The molecular formula is C23H22N2O. The van der Waals surface area contributed by atoms with Crippen LogP contribution in [0.1, 0.15) is 30.4 Å². The predicted octanol–water partition coefficient (Wildman–Crippen LogP) is 4.65. The third-order valence-electron chi connectivity index (χ3n) is 5.06. The van der Waals surface area contributed by atoms with Crippen molar-refractivity contribution >= 4 is 11.6 Å². The molecule has 26 heavy (non-hydrogen) atoms. The standard InChI is InChI=1S/C17H18N2O.C6H4/c1-12(20)19-15-9-7-13(8-10-15)16-11-17(16,18)14-5-3-2-4-6-14;1-2-5-4-6(5)3-1/h2-10,16H,11,18H2,1H3,(H,19,20);1-4H. The third-order valence-corrected chi connectivity index (χ3v) is 5.06. The first kappa shape index (κ1) is 16.6. The van der Waals surface area contributed by atoms with Crippen molar-refractivity contribution < 1.29 is 4.79 Å². The molecule has 2 atom stereocenters. The van der Waals surface area contributed by atoms with E-state index in [-0.39, 0.29) is 11.4 Å². The van der Waals surface area contributed by atoms with Crippen molar-refractivity contribution in [3.05, 3.63) is 90.0 Å². The van der Waals surface area contributed by atoms with E-state index in [9.17, 15) is 4.79 Å². The van der Waals surface area contributed by atoms with Gasteiger partial charge in [0.2, 0.25) is 5.91 Å². The van der Waals surface area contributed by atoms with Gasteiger partial charge in [0.05, 0.1) is 0 Å². The zero-order chi connectivity index (χ0) is 18.1. The molecule has 1 saturated carbocycles. The number of benzene rings is 3. The van der Waals surface area contributed by atoms with Crippen LogP contribution < -0.4 is 11.1 Å². The number of hydrogen-bond acceptors (Lipinski definition) is 2. The molecule has 130 valence electrons. The van der Waals surface area contributed by atoms with Gasteiger partial charge in [-0.1, -0.05) is 60.7 Å². The molecule has 3 aliphatic carbocycles. The molecular weight excluding hydrogens is 320 g/mol. The number of amides is 1. The summed E-state index contributed by atoms with van der Waals surface area (Å²) in [6, 6.07) is 26.7. The lowest BCUT2D eigenvalue weighted by molar-refractivity contribution is -0.114. The van der Waals surface area contributed by atoms with Crippen molar-refractivity contribution in [2.45, 2.75) is 24.8 Å². The Balaban J connectivity index is 0.000000233. The number of carbonyl (C=O) groups is 1. The van der Waals surface area contributed by atoms with Crippen LogP contribution in [0.2, 0.25) is 0 Å². The minimum Gasteiger partial charge on any atom is -0.326 e. The number of rotatable bonds is 3. The number of fused-ring (bicyclic) bond motifs is 1. The third kappa shape index (κ3) is 3.39. The van der Waals surface area contributed by atoms with Gasteiger partial charge in [0.1, 0.15) is 0 Å². The van der Waals surface area contributed by atoms with E-state index in [0.717, 1.165) is 12.1 Å². The van der Waals surface area contributed by atoms with Crippen LogP contribution in [0.4, 0.5) is 5.69 Å². The quantitative estimate of drug-likeness (QED) is 0.569. The largest absolute Gasteiger partial charge is 0.326 e. The molecule has 2 aromatic carbocycles. The lowest BCUT2D eigenvalue weighted by atomic mass is 9.99. The molecule has 3 aliphatic rings. The summed E-state index contributed by atoms with van der Waals surface area (Å²) in [7, 11) is 0. The van der Waals surface area contributed by atoms with Crippen molar-refractivity contribution in [3.8, 4) is 11.1 Å². The van der Waals surface area contributed by atoms with Gasteiger partial charge >= 0.3 is 0 Å². The first-order valence-corrected chi connectivity index (χ1v) is 8.89. The van der Waals surface area contributed by atoms with Crippen molar-refractivity contribution in [1.29, 1.82) is 0 Å². The second-order valence-electron chi connectivity index (χ2n) is 7.05. The summed E-state index contributed by atoms with van der Waals surface area (Å²) < 4.78 is 0. The molecule has 1 amide bonds. The van der Waals surface area contributed by atoms with Crippen LogP contribution in [-0.4, -0.2) is 5.91 Å². The van der Waals surface area contributed by atoms with Gasteiger partial charge in [-0.3, -0.25) is 4.79 Å². The summed E-state index contributed by atoms with van der Waals surface area (Å²) in [5, 5.41) is 2.77. The van der Waals surface area contributed by atoms with Gasteiger partial charge < -0.3 is 11.1 Å². The van der Waals surface area contributed by atoms with Gasteiger partial charge in [-0.2, -0.15) is 0 Å². The second kappa shape index (κ2) is 6.43. The van der Waals surface area contributed by atoms with E-state index in [1.165, 1.54) is 29.2 Å². The Bertz CT molecular complexity index is 917. The van der Waals surface area contributed by atoms with Gasteiger partial charge in [-0.05, 0) is 46.9 Å². The second-order valence-corrected chi connectivity index (χ2v) is 7.05. The van der Waals surface area contributed by atoms with Crippen molar-refractivity contribution in [2.24, 2.45) is 5.73 Å². The SMILES string of the molecule is CC(=O)Nc1ccc(C2CC2(N)c2ccccc2)cc1.c1cc2cc-2c1. The van der Waals surface area contributed by atoms with E-state index in [4.69, 9.17) is 5.73 Å². The van der Waals surface area contributed by atoms with Crippen LogP contribution in [-0.2, 0) is 10.3 Å². The lowest BCUT2D eigenvalue weighted by Crippen LogP contribution is -2.21. The average molecular weight is 342 g/mol. The Hall–Kier alpha value is -2.91. The van der Waals surface area contributed by atoms with Crippen LogP contribution >= 0.6 is 0 Å². The number of nitrogens with two attached hydrogens (primary N) is 1. The Labute approximate surface area is 153 Å². The molecule has 0 aliphatic heterocycles. The van der Waals surface area contributed by atoms with Gasteiger partial charge in [-0.15, -0.1) is 0 Å². The molecule has 3 nitrogen and oxygen atoms in total. The van der Waals surface area contributed by atoms with Gasteiger partial charge in [0.15, 0.2) is 0 Å². The highest BCUT2D eigenvalue weighted by atomic mass is 16.1. The smallest absolute Gasteiger partial charge is 0.221 e. The molecule has 0 bridgehead atoms. The summed E-state index contributed by atoms with van der Waals surface area (Å²) in [6.07, 6.45) is 0.969. The molecule has 2 aromatic rings. The monoisotopic (exact) mass is 342 g/mol. The molecule has 1 fully saturated rings. The molecule has 3 heteroatoms. The van der Waals surface area contributed by atoms with Crippen molar-refractivity contribution in [1.82, 2.24) is 0 Å². The molecule has 0 spiro atoms. The fourth-order valence-corrected chi connectivity index (χ4v) is 3.44. The summed E-state index contributed by atoms with van der Waals surface area (Å²) in [4.78, 5) is 11.0. The Morgan fingerprint density at radius 1 is 0.962 bits per heavy atom. The van der Waals surface area contributed by atoms with Crippen molar-refractivity contribution in [2.75, 3.05) is 5.32 Å². The average Bonchev–Trinajstić information content (AvgIpc) is 3.52. The Morgan fingerprint density at radius 2 is 1.62 bits per heavy atom. The summed E-state index contributed by atoms with van der Waals surface area (Å²) >= 11 is 0. The predicted molar refractivity (Wildman–Crippen MR) is 106 cm³/mol. The van der Waals surface area contributed by atoms with E-state index in [1.54, 1.807) is 0 Å². The van der Waals surface area contributed by atoms with Gasteiger partial charge in [0, 0.05) is 24.1 Å². The summed E-state index contributed by atoms with van der Waals surface area (Å²) in [5.74, 6) is 0.304. The van der Waals surface area contributed by atoms with Gasteiger partial charge in [-0.25, -0.2) is 0 Å². The zero-order valence-corrected chi connectivity index (χ0v) is 14.8. The first-order valence-electron chi connectivity index (χ1n) is 8.89. The van der Waals surface area contributed by atoms with Crippen LogP contribution in [0.15, 0.2) is 78.9 Å². The highest BCUT2D eigenvalue weighted by Crippen LogP contribution is 2.56. The minimum atomic E-state index is -0.239. The van der Waals surface area contributed by atoms with Crippen LogP contribution in [0.5, 0.6) is 0 Å². The Morgan fingerprint density at radius 3 is 2.12 bits per heavy atom. The number of carbonyl (C=O) groups excluding carboxylic acids is 1. The number of nitrogens with one attached hydrogen (secondary N) is 1. The molecule has 0 radical (unpaired) electrons. The Kier molecular flexibility index (Phi) is 4.09. The maximum absolute atomic E-state index is 11.0. The fourth-order valence-electron chi connectivity index (χ4n) is 3.44. The van der Waals surface area contributed by atoms with Gasteiger partial charge in [0.25, 0.3) is 0 Å². The molecule has 3 N–H and O–H groups in total. The lowest BCUT2D eigenvalue weighted by Gasteiger charge is -2.12. The molecule has 5 rings (SSSR count). The van der Waals surface area contributed by atoms with Crippen LogP contribution in [0.25, 0.3) is 11.1 Å². The van der Waals surface area contributed by atoms with E-state index in [0.29, 0.717) is 5.92 Å². The normalized spacial score (nSPS) is 21.2. The van der Waals surface area contributed by atoms with E-state index >= 15 is 0 Å². The molecule has 0 heterocycles. The fraction of sp³-hybridized carbons (Fsp3) is 0.174. The maximum Gasteiger partial charge on any atom is 0.221 e. The topological polar surface area (TPSA) is 55.1 Å². The minimum absolute atomic E-state index is 0.0540. The summed E-state index contributed by atoms with van der Waals surface area (Å²) in [6.45, 7) is 1.51. The van der Waals surface area contributed by atoms with Crippen LogP contribution in [0.3, 0.4) is 0 Å².